The van der Waals surface area contributed by atoms with Crippen molar-refractivity contribution >= 4 is 5.97 Å². The largest absolute Gasteiger partial charge is 0.479 e. The van der Waals surface area contributed by atoms with Crippen LogP contribution in [0.4, 0.5) is 0 Å². The molecule has 4 nitrogen and oxygen atoms in total. The standard InChI is InChI=1S/C18H21NO3/c1-14(17(20)18(21)22)19(12-15-8-4-2-5-9-15)13-16-10-6-3-7-11-16/h2-11,14,17,20H,12-13H2,1H3,(H,21,22)/t14-,17-/m0/s1. The molecule has 0 bridgehead atoms. The third-order valence-electron chi connectivity index (χ3n) is 3.74. The zero-order valence-electron chi connectivity index (χ0n) is 12.6. The SMILES string of the molecule is C[C@@H]([C@H](O)C(=O)O)N(Cc1ccccc1)Cc1ccccc1. The van der Waals surface area contributed by atoms with Crippen LogP contribution in [0.15, 0.2) is 60.7 Å². The molecule has 4 heteroatoms. The molecule has 0 fully saturated rings. The number of aliphatic carboxylic acids is 1. The molecule has 2 rings (SSSR count). The van der Waals surface area contributed by atoms with Gasteiger partial charge < -0.3 is 10.2 Å². The Kier molecular flexibility index (Phi) is 5.69. The number of aliphatic hydroxyl groups excluding tert-OH is 1. The highest BCUT2D eigenvalue weighted by Crippen LogP contribution is 2.15. The molecule has 116 valence electrons. The molecule has 2 N–H and O–H groups in total. The molecule has 0 saturated heterocycles. The topological polar surface area (TPSA) is 60.8 Å². The first kappa shape index (κ1) is 16.2. The third kappa shape index (κ3) is 4.41. The summed E-state index contributed by atoms with van der Waals surface area (Å²) in [7, 11) is 0. The predicted octanol–water partition coefficient (Wildman–Crippen LogP) is 2.52. The Morgan fingerprint density at radius 1 is 0.955 bits per heavy atom. The van der Waals surface area contributed by atoms with Gasteiger partial charge in [0.15, 0.2) is 6.10 Å². The Labute approximate surface area is 130 Å². The van der Waals surface area contributed by atoms with E-state index in [1.807, 2.05) is 65.6 Å². The van der Waals surface area contributed by atoms with Crippen LogP contribution in [0.1, 0.15) is 18.1 Å². The Hall–Kier alpha value is -2.17. The van der Waals surface area contributed by atoms with Gasteiger partial charge in [-0.3, -0.25) is 4.90 Å². The van der Waals surface area contributed by atoms with Crippen LogP contribution in [-0.4, -0.2) is 33.2 Å². The van der Waals surface area contributed by atoms with Crippen LogP contribution >= 0.6 is 0 Å². The Morgan fingerprint density at radius 2 is 1.36 bits per heavy atom. The van der Waals surface area contributed by atoms with Gasteiger partial charge in [-0.25, -0.2) is 4.79 Å². The minimum atomic E-state index is -1.41. The molecule has 0 aliphatic rings. The Morgan fingerprint density at radius 3 is 1.73 bits per heavy atom. The molecule has 0 aliphatic heterocycles. The second-order valence-corrected chi connectivity index (χ2v) is 5.40. The first-order valence-electron chi connectivity index (χ1n) is 7.30. The molecule has 2 atom stereocenters. The molecule has 2 aromatic rings. The van der Waals surface area contributed by atoms with Gasteiger partial charge in [-0.05, 0) is 18.1 Å². The number of carbonyl (C=O) groups is 1. The summed E-state index contributed by atoms with van der Waals surface area (Å²) in [6, 6.07) is 19.2. The van der Waals surface area contributed by atoms with Crippen molar-refractivity contribution in [2.45, 2.75) is 32.2 Å². The predicted molar refractivity (Wildman–Crippen MR) is 85.2 cm³/mol. The highest BCUT2D eigenvalue weighted by Gasteiger charge is 2.27. The molecule has 0 saturated carbocycles. The zero-order valence-corrected chi connectivity index (χ0v) is 12.6. The normalized spacial score (nSPS) is 13.8. The minimum Gasteiger partial charge on any atom is -0.479 e. The maximum absolute atomic E-state index is 11.1. The number of aliphatic hydroxyl groups is 1. The fourth-order valence-electron chi connectivity index (χ4n) is 2.39. The summed E-state index contributed by atoms with van der Waals surface area (Å²) in [4.78, 5) is 13.0. The number of hydrogen-bond donors (Lipinski definition) is 2. The van der Waals surface area contributed by atoms with Crippen molar-refractivity contribution in [2.24, 2.45) is 0 Å². The number of carboxylic acids is 1. The Bertz CT molecular complexity index is 544. The van der Waals surface area contributed by atoms with Gasteiger partial charge in [-0.15, -0.1) is 0 Å². The molecule has 0 unspecified atom stereocenters. The molecule has 22 heavy (non-hydrogen) atoms. The molecular formula is C18H21NO3. The van der Waals surface area contributed by atoms with Crippen LogP contribution in [0.3, 0.4) is 0 Å². The maximum Gasteiger partial charge on any atom is 0.334 e. The first-order chi connectivity index (χ1) is 10.6. The van der Waals surface area contributed by atoms with Crippen molar-refractivity contribution in [1.29, 1.82) is 0 Å². The van der Waals surface area contributed by atoms with Crippen LogP contribution < -0.4 is 0 Å². The van der Waals surface area contributed by atoms with Crippen molar-refractivity contribution in [2.75, 3.05) is 0 Å². The van der Waals surface area contributed by atoms with Gasteiger partial charge in [0.2, 0.25) is 0 Å². The van der Waals surface area contributed by atoms with Gasteiger partial charge in [0, 0.05) is 19.1 Å². The van der Waals surface area contributed by atoms with Crippen molar-refractivity contribution in [1.82, 2.24) is 4.90 Å². The van der Waals surface area contributed by atoms with Crippen LogP contribution in [0.25, 0.3) is 0 Å². The van der Waals surface area contributed by atoms with Crippen molar-refractivity contribution in [3.05, 3.63) is 71.8 Å². The molecule has 0 radical (unpaired) electrons. The quantitative estimate of drug-likeness (QED) is 0.825. The van der Waals surface area contributed by atoms with Crippen molar-refractivity contribution in [3.8, 4) is 0 Å². The van der Waals surface area contributed by atoms with Crippen LogP contribution in [0, 0.1) is 0 Å². The second kappa shape index (κ2) is 7.73. The average molecular weight is 299 g/mol. The van der Waals surface area contributed by atoms with Crippen molar-refractivity contribution < 1.29 is 15.0 Å². The average Bonchev–Trinajstić information content (AvgIpc) is 2.54. The second-order valence-electron chi connectivity index (χ2n) is 5.40. The number of nitrogens with zero attached hydrogens (tertiary/aromatic N) is 1. The molecule has 2 aromatic carbocycles. The van der Waals surface area contributed by atoms with E-state index in [0.717, 1.165) is 11.1 Å². The van der Waals surface area contributed by atoms with E-state index in [2.05, 4.69) is 0 Å². The van der Waals surface area contributed by atoms with Gasteiger partial charge in [0.25, 0.3) is 0 Å². The maximum atomic E-state index is 11.1. The van der Waals surface area contributed by atoms with Gasteiger partial charge in [-0.2, -0.15) is 0 Å². The van der Waals surface area contributed by atoms with E-state index in [-0.39, 0.29) is 0 Å². The fraction of sp³-hybridized carbons (Fsp3) is 0.278. The van der Waals surface area contributed by atoms with Gasteiger partial charge in [-0.1, -0.05) is 60.7 Å². The molecular weight excluding hydrogens is 278 g/mol. The molecule has 0 amide bonds. The Balaban J connectivity index is 2.18. The lowest BCUT2D eigenvalue weighted by molar-refractivity contribution is -0.150. The van der Waals surface area contributed by atoms with Crippen molar-refractivity contribution in [3.63, 3.8) is 0 Å². The summed E-state index contributed by atoms with van der Waals surface area (Å²) in [5.74, 6) is -1.20. The van der Waals surface area contributed by atoms with E-state index in [4.69, 9.17) is 5.11 Å². The van der Waals surface area contributed by atoms with E-state index in [0.29, 0.717) is 13.1 Å². The summed E-state index contributed by atoms with van der Waals surface area (Å²) < 4.78 is 0. The lowest BCUT2D eigenvalue weighted by atomic mass is 10.1. The van der Waals surface area contributed by atoms with Crippen LogP contribution in [0.2, 0.25) is 0 Å². The van der Waals surface area contributed by atoms with E-state index < -0.39 is 18.1 Å². The summed E-state index contributed by atoms with van der Waals surface area (Å²) in [6.07, 6.45) is -1.41. The highest BCUT2D eigenvalue weighted by atomic mass is 16.4. The number of rotatable bonds is 7. The molecule has 0 aromatic heterocycles. The van der Waals surface area contributed by atoms with E-state index in [1.165, 1.54) is 0 Å². The lowest BCUT2D eigenvalue weighted by Gasteiger charge is -2.31. The molecule has 0 spiro atoms. The van der Waals surface area contributed by atoms with Crippen LogP contribution in [0.5, 0.6) is 0 Å². The molecule has 0 heterocycles. The lowest BCUT2D eigenvalue weighted by Crippen LogP contribution is -2.44. The van der Waals surface area contributed by atoms with E-state index in [9.17, 15) is 9.90 Å². The number of benzene rings is 2. The van der Waals surface area contributed by atoms with Gasteiger partial charge in [0.1, 0.15) is 0 Å². The monoisotopic (exact) mass is 299 g/mol. The van der Waals surface area contributed by atoms with Crippen LogP contribution in [-0.2, 0) is 17.9 Å². The van der Waals surface area contributed by atoms with E-state index in [1.54, 1.807) is 6.92 Å². The molecule has 0 aliphatic carbocycles. The van der Waals surface area contributed by atoms with E-state index >= 15 is 0 Å². The summed E-state index contributed by atoms with van der Waals surface area (Å²) in [5, 5.41) is 18.9. The highest BCUT2D eigenvalue weighted by molar-refractivity contribution is 5.72. The third-order valence-corrected chi connectivity index (χ3v) is 3.74. The van der Waals surface area contributed by atoms with Gasteiger partial charge in [0.05, 0.1) is 0 Å². The number of carboxylic acid groups (broad SMARTS) is 1. The first-order valence-corrected chi connectivity index (χ1v) is 7.30. The summed E-state index contributed by atoms with van der Waals surface area (Å²) >= 11 is 0. The zero-order chi connectivity index (χ0) is 15.9. The minimum absolute atomic E-state index is 0.488. The number of hydrogen-bond acceptors (Lipinski definition) is 3. The summed E-state index contributed by atoms with van der Waals surface area (Å²) in [6.45, 7) is 2.91. The smallest absolute Gasteiger partial charge is 0.334 e. The summed E-state index contributed by atoms with van der Waals surface area (Å²) in [5.41, 5.74) is 2.17. The fourth-order valence-corrected chi connectivity index (χ4v) is 2.39. The van der Waals surface area contributed by atoms with Gasteiger partial charge >= 0.3 is 5.97 Å².